The van der Waals surface area contributed by atoms with Crippen LogP contribution in [0.2, 0.25) is 0 Å². The van der Waals surface area contributed by atoms with E-state index in [9.17, 15) is 14.0 Å². The van der Waals surface area contributed by atoms with Crippen molar-refractivity contribution in [3.05, 3.63) is 74.9 Å². The highest BCUT2D eigenvalue weighted by Gasteiger charge is 2.17. The average Bonchev–Trinajstić information content (AvgIpc) is 2.60. The van der Waals surface area contributed by atoms with Crippen molar-refractivity contribution in [3.8, 4) is 5.75 Å². The zero-order valence-corrected chi connectivity index (χ0v) is 14.3. The minimum atomic E-state index is -1.10. The Kier molecular flexibility index (Phi) is 4.75. The second-order valence-corrected chi connectivity index (χ2v) is 6.01. The van der Waals surface area contributed by atoms with Gasteiger partial charge in [0.05, 0.1) is 12.0 Å². The van der Waals surface area contributed by atoms with E-state index in [0.29, 0.717) is 33.4 Å². The molecule has 26 heavy (non-hydrogen) atoms. The number of benzene rings is 2. The summed E-state index contributed by atoms with van der Waals surface area (Å²) in [6, 6.07) is 9.73. The minimum Gasteiger partial charge on any atom is -0.488 e. The van der Waals surface area contributed by atoms with Crippen LogP contribution in [0.15, 0.2) is 45.6 Å². The Hall–Kier alpha value is -3.15. The number of hydrogen-bond acceptors (Lipinski definition) is 4. The number of aryl methyl sites for hydroxylation is 2. The number of fused-ring (bicyclic) bond motifs is 1. The van der Waals surface area contributed by atoms with E-state index in [1.807, 2.05) is 0 Å². The third-order valence-electron chi connectivity index (χ3n) is 4.32. The quantitative estimate of drug-likeness (QED) is 0.705. The van der Waals surface area contributed by atoms with Gasteiger partial charge in [-0.1, -0.05) is 18.2 Å². The van der Waals surface area contributed by atoms with Crippen LogP contribution in [0.3, 0.4) is 0 Å². The Morgan fingerprint density at radius 2 is 1.88 bits per heavy atom. The Morgan fingerprint density at radius 1 is 1.15 bits per heavy atom. The molecule has 2 aromatic carbocycles. The number of aliphatic carboxylic acids is 1. The summed E-state index contributed by atoms with van der Waals surface area (Å²) < 4.78 is 24.8. The molecule has 6 heteroatoms. The predicted molar refractivity (Wildman–Crippen MR) is 94.0 cm³/mol. The third-order valence-corrected chi connectivity index (χ3v) is 4.32. The van der Waals surface area contributed by atoms with Gasteiger partial charge in [0.15, 0.2) is 0 Å². The monoisotopic (exact) mass is 356 g/mol. The van der Waals surface area contributed by atoms with Gasteiger partial charge in [-0.05, 0) is 37.6 Å². The van der Waals surface area contributed by atoms with Gasteiger partial charge in [0.1, 0.15) is 23.8 Å². The molecule has 1 N–H and O–H groups in total. The normalized spacial score (nSPS) is 10.9. The second-order valence-electron chi connectivity index (χ2n) is 6.01. The van der Waals surface area contributed by atoms with Crippen molar-refractivity contribution in [2.24, 2.45) is 0 Å². The Balaban J connectivity index is 1.99. The van der Waals surface area contributed by atoms with Crippen LogP contribution >= 0.6 is 0 Å². The van der Waals surface area contributed by atoms with E-state index < -0.39 is 18.0 Å². The molecule has 134 valence electrons. The molecule has 0 aliphatic rings. The number of carboxylic acid groups (broad SMARTS) is 1. The molecule has 0 bridgehead atoms. The fourth-order valence-electron chi connectivity index (χ4n) is 2.85. The maximum Gasteiger partial charge on any atom is 0.340 e. The summed E-state index contributed by atoms with van der Waals surface area (Å²) >= 11 is 0. The summed E-state index contributed by atoms with van der Waals surface area (Å²) in [6.07, 6.45) is -0.394. The first-order chi connectivity index (χ1) is 12.4. The molecule has 0 radical (unpaired) electrons. The van der Waals surface area contributed by atoms with Crippen LogP contribution < -0.4 is 10.4 Å². The van der Waals surface area contributed by atoms with E-state index in [4.69, 9.17) is 14.3 Å². The van der Waals surface area contributed by atoms with Crippen molar-refractivity contribution in [3.63, 3.8) is 0 Å². The lowest BCUT2D eigenvalue weighted by atomic mass is 10.0. The van der Waals surface area contributed by atoms with Gasteiger partial charge in [0, 0.05) is 16.5 Å². The topological polar surface area (TPSA) is 76.7 Å². The molecular weight excluding hydrogens is 339 g/mol. The highest BCUT2D eigenvalue weighted by atomic mass is 19.1. The molecule has 3 rings (SSSR count). The van der Waals surface area contributed by atoms with Gasteiger partial charge in [-0.25, -0.2) is 9.18 Å². The lowest BCUT2D eigenvalue weighted by Gasteiger charge is -2.13. The summed E-state index contributed by atoms with van der Waals surface area (Å²) in [7, 11) is 0. The molecule has 0 amide bonds. The van der Waals surface area contributed by atoms with Crippen LogP contribution in [0.1, 0.15) is 22.3 Å². The molecule has 0 saturated heterocycles. The first kappa shape index (κ1) is 17.7. The van der Waals surface area contributed by atoms with Crippen LogP contribution in [0, 0.1) is 19.7 Å². The van der Waals surface area contributed by atoms with Crippen LogP contribution in [0.25, 0.3) is 11.0 Å². The Labute approximate surface area is 148 Å². The smallest absolute Gasteiger partial charge is 0.340 e. The first-order valence-corrected chi connectivity index (χ1v) is 8.02. The fourth-order valence-corrected chi connectivity index (χ4v) is 2.85. The van der Waals surface area contributed by atoms with Crippen LogP contribution in [-0.2, 0) is 17.8 Å². The molecule has 0 atom stereocenters. The molecule has 1 aromatic heterocycles. The van der Waals surface area contributed by atoms with Gasteiger partial charge in [0.25, 0.3) is 0 Å². The van der Waals surface area contributed by atoms with Gasteiger partial charge in [0.2, 0.25) is 0 Å². The average molecular weight is 356 g/mol. The van der Waals surface area contributed by atoms with E-state index in [1.54, 1.807) is 44.2 Å². The first-order valence-electron chi connectivity index (χ1n) is 8.02. The van der Waals surface area contributed by atoms with Crippen molar-refractivity contribution in [1.29, 1.82) is 0 Å². The van der Waals surface area contributed by atoms with E-state index in [2.05, 4.69) is 0 Å². The van der Waals surface area contributed by atoms with Crippen molar-refractivity contribution in [2.75, 3.05) is 0 Å². The molecule has 0 saturated carbocycles. The lowest BCUT2D eigenvalue weighted by molar-refractivity contribution is -0.136. The van der Waals surface area contributed by atoms with Crippen LogP contribution in [-0.4, -0.2) is 11.1 Å². The van der Waals surface area contributed by atoms with E-state index in [1.165, 1.54) is 6.07 Å². The number of rotatable bonds is 5. The highest BCUT2D eigenvalue weighted by Crippen LogP contribution is 2.30. The predicted octanol–water partition coefficient (Wildman–Crippen LogP) is 3.76. The molecule has 0 aliphatic heterocycles. The molecule has 0 aliphatic carbocycles. The van der Waals surface area contributed by atoms with Gasteiger partial charge < -0.3 is 14.3 Å². The van der Waals surface area contributed by atoms with Crippen molar-refractivity contribution >= 4 is 16.9 Å². The molecular formula is C20H17FO5. The third kappa shape index (κ3) is 3.31. The number of carboxylic acids is 1. The molecule has 5 nitrogen and oxygen atoms in total. The Bertz CT molecular complexity index is 1050. The molecule has 3 aromatic rings. The van der Waals surface area contributed by atoms with Crippen LogP contribution in [0.5, 0.6) is 5.75 Å². The lowest BCUT2D eigenvalue weighted by Crippen LogP contribution is -2.15. The zero-order valence-electron chi connectivity index (χ0n) is 14.3. The van der Waals surface area contributed by atoms with Gasteiger partial charge in [-0.3, -0.25) is 4.79 Å². The van der Waals surface area contributed by atoms with Gasteiger partial charge in [-0.2, -0.15) is 0 Å². The van der Waals surface area contributed by atoms with Gasteiger partial charge in [-0.15, -0.1) is 0 Å². The van der Waals surface area contributed by atoms with Gasteiger partial charge >= 0.3 is 11.6 Å². The second kappa shape index (κ2) is 7.00. The molecule has 0 unspecified atom stereocenters. The minimum absolute atomic E-state index is 0.0410. The molecule has 1 heterocycles. The largest absolute Gasteiger partial charge is 0.488 e. The number of halogens is 1. The standard InChI is InChI=1S/C20H17FO5/c1-11-14-7-8-17(25-10-13-5-3-4-6-16(13)21)12(2)19(14)26-20(24)15(11)9-18(22)23/h3-8H,9-10H2,1-2H3,(H,22,23). The number of carbonyl (C=O) groups is 1. The summed E-state index contributed by atoms with van der Waals surface area (Å²) in [4.78, 5) is 23.1. The summed E-state index contributed by atoms with van der Waals surface area (Å²) in [5, 5.41) is 9.61. The van der Waals surface area contributed by atoms with Crippen LogP contribution in [0.4, 0.5) is 4.39 Å². The van der Waals surface area contributed by atoms with Crippen molar-refractivity contribution in [2.45, 2.75) is 26.9 Å². The van der Waals surface area contributed by atoms with E-state index in [-0.39, 0.29) is 18.0 Å². The van der Waals surface area contributed by atoms with E-state index >= 15 is 0 Å². The molecule has 0 spiro atoms. The molecule has 0 fully saturated rings. The maximum absolute atomic E-state index is 13.7. The summed E-state index contributed by atoms with van der Waals surface area (Å²) in [5.41, 5.74) is 1.38. The number of hydrogen-bond donors (Lipinski definition) is 1. The maximum atomic E-state index is 13.7. The fraction of sp³-hybridized carbons (Fsp3) is 0.200. The summed E-state index contributed by atoms with van der Waals surface area (Å²) in [5.74, 6) is -0.984. The highest BCUT2D eigenvalue weighted by molar-refractivity contribution is 5.86. The van der Waals surface area contributed by atoms with Crippen molar-refractivity contribution < 1.29 is 23.4 Å². The summed E-state index contributed by atoms with van der Waals surface area (Å²) in [6.45, 7) is 3.47. The SMILES string of the molecule is Cc1c(CC(=O)O)c(=O)oc2c(C)c(OCc3ccccc3F)ccc12. The number of ether oxygens (including phenoxy) is 1. The van der Waals surface area contributed by atoms with Crippen molar-refractivity contribution in [1.82, 2.24) is 0 Å². The zero-order chi connectivity index (χ0) is 18.8. The Morgan fingerprint density at radius 3 is 2.58 bits per heavy atom. The van der Waals surface area contributed by atoms with E-state index in [0.717, 1.165) is 0 Å².